The maximum Gasteiger partial charge on any atom is 0.0907 e. The maximum absolute atomic E-state index is 10.2. The Morgan fingerprint density at radius 2 is 2.17 bits per heavy atom. The zero-order chi connectivity index (χ0) is 9.03. The van der Waals surface area contributed by atoms with Gasteiger partial charge in [0, 0.05) is 7.11 Å². The number of ether oxygens (including phenoxy) is 1. The molecule has 12 heavy (non-hydrogen) atoms. The largest absolute Gasteiger partial charge is 0.387 e. The third-order valence-corrected chi connectivity index (χ3v) is 2.69. The van der Waals surface area contributed by atoms with Crippen LogP contribution in [0, 0.1) is 5.92 Å². The summed E-state index contributed by atoms with van der Waals surface area (Å²) >= 11 is 0. The molecule has 0 saturated heterocycles. The second kappa shape index (κ2) is 4.24. The van der Waals surface area contributed by atoms with Crippen molar-refractivity contribution in [3.8, 4) is 0 Å². The van der Waals surface area contributed by atoms with E-state index < -0.39 is 5.60 Å². The van der Waals surface area contributed by atoms with Gasteiger partial charge in [0.05, 0.1) is 12.2 Å². The van der Waals surface area contributed by atoms with Gasteiger partial charge in [-0.05, 0) is 25.2 Å². The van der Waals surface area contributed by atoms with Crippen LogP contribution < -0.4 is 0 Å². The van der Waals surface area contributed by atoms with Crippen molar-refractivity contribution in [3.05, 3.63) is 0 Å². The van der Waals surface area contributed by atoms with Crippen LogP contribution in [0.2, 0.25) is 0 Å². The molecule has 0 heterocycles. The molecule has 0 amide bonds. The first kappa shape index (κ1) is 10.0. The van der Waals surface area contributed by atoms with Crippen LogP contribution in [-0.4, -0.2) is 24.4 Å². The van der Waals surface area contributed by atoms with E-state index in [0.717, 1.165) is 19.3 Å². The number of hydrogen-bond donors (Lipinski definition) is 1. The summed E-state index contributed by atoms with van der Waals surface area (Å²) in [6.45, 7) is 2.66. The Labute approximate surface area is 74.9 Å². The van der Waals surface area contributed by atoms with Gasteiger partial charge in [0.1, 0.15) is 0 Å². The molecule has 0 aromatic rings. The molecule has 0 aromatic heterocycles. The first-order valence-corrected chi connectivity index (χ1v) is 4.94. The lowest BCUT2D eigenvalue weighted by molar-refractivity contribution is -0.0550. The molecular weight excluding hydrogens is 152 g/mol. The van der Waals surface area contributed by atoms with E-state index in [9.17, 15) is 5.11 Å². The van der Waals surface area contributed by atoms with E-state index in [0.29, 0.717) is 12.5 Å². The predicted molar refractivity (Wildman–Crippen MR) is 49.1 cm³/mol. The van der Waals surface area contributed by atoms with E-state index in [2.05, 4.69) is 6.92 Å². The van der Waals surface area contributed by atoms with Gasteiger partial charge in [0.25, 0.3) is 0 Å². The molecule has 1 saturated carbocycles. The van der Waals surface area contributed by atoms with E-state index in [4.69, 9.17) is 4.74 Å². The van der Waals surface area contributed by atoms with Crippen molar-refractivity contribution in [2.75, 3.05) is 13.7 Å². The van der Waals surface area contributed by atoms with Gasteiger partial charge >= 0.3 is 0 Å². The van der Waals surface area contributed by atoms with E-state index in [-0.39, 0.29) is 0 Å². The van der Waals surface area contributed by atoms with Crippen LogP contribution in [-0.2, 0) is 4.74 Å². The molecule has 0 aromatic carbocycles. The fourth-order valence-corrected chi connectivity index (χ4v) is 1.75. The highest BCUT2D eigenvalue weighted by Crippen LogP contribution is 2.42. The number of rotatable bonds is 6. The number of methoxy groups -OCH3 is 1. The van der Waals surface area contributed by atoms with Gasteiger partial charge in [-0.2, -0.15) is 0 Å². The molecule has 1 fully saturated rings. The lowest BCUT2D eigenvalue weighted by Gasteiger charge is -2.27. The maximum atomic E-state index is 10.2. The van der Waals surface area contributed by atoms with Crippen LogP contribution in [0.15, 0.2) is 0 Å². The lowest BCUT2D eigenvalue weighted by atomic mass is 9.92. The molecule has 1 N–H and O–H groups in total. The monoisotopic (exact) mass is 172 g/mol. The Morgan fingerprint density at radius 3 is 2.58 bits per heavy atom. The fourth-order valence-electron chi connectivity index (χ4n) is 1.75. The van der Waals surface area contributed by atoms with E-state index in [1.165, 1.54) is 12.8 Å². The summed E-state index contributed by atoms with van der Waals surface area (Å²) in [5, 5.41) is 10.2. The molecule has 72 valence electrons. The molecule has 1 aliphatic rings. The molecule has 2 nitrogen and oxygen atoms in total. The Kier molecular flexibility index (Phi) is 3.53. The van der Waals surface area contributed by atoms with Crippen molar-refractivity contribution in [2.45, 2.75) is 44.6 Å². The smallest absolute Gasteiger partial charge is 0.0907 e. The molecule has 1 atom stereocenters. The van der Waals surface area contributed by atoms with Crippen molar-refractivity contribution in [1.29, 1.82) is 0 Å². The quantitative estimate of drug-likeness (QED) is 0.663. The first-order valence-electron chi connectivity index (χ1n) is 4.94. The average molecular weight is 172 g/mol. The molecule has 0 spiro atoms. The zero-order valence-corrected chi connectivity index (χ0v) is 8.18. The molecule has 1 aliphatic carbocycles. The van der Waals surface area contributed by atoms with E-state index in [1.54, 1.807) is 7.11 Å². The number of aliphatic hydroxyl groups is 1. The summed E-state index contributed by atoms with van der Waals surface area (Å²) in [7, 11) is 1.67. The fraction of sp³-hybridized carbons (Fsp3) is 1.00. The van der Waals surface area contributed by atoms with Crippen molar-refractivity contribution >= 4 is 0 Å². The van der Waals surface area contributed by atoms with E-state index >= 15 is 0 Å². The minimum Gasteiger partial charge on any atom is -0.387 e. The van der Waals surface area contributed by atoms with Gasteiger partial charge in [-0.3, -0.25) is 0 Å². The normalized spacial score (nSPS) is 22.2. The molecular formula is C10H20O2. The molecule has 0 aliphatic heterocycles. The van der Waals surface area contributed by atoms with Gasteiger partial charge in [-0.25, -0.2) is 0 Å². The minimum absolute atomic E-state index is 0.509. The van der Waals surface area contributed by atoms with Crippen molar-refractivity contribution in [1.82, 2.24) is 0 Å². The molecule has 0 bridgehead atoms. The lowest BCUT2D eigenvalue weighted by Crippen LogP contribution is -2.36. The summed E-state index contributed by atoms with van der Waals surface area (Å²) in [6, 6.07) is 0. The Morgan fingerprint density at radius 1 is 1.50 bits per heavy atom. The molecule has 1 rings (SSSR count). The van der Waals surface area contributed by atoms with Crippen LogP contribution in [0.25, 0.3) is 0 Å². The van der Waals surface area contributed by atoms with Crippen LogP contribution in [0.1, 0.15) is 39.0 Å². The topological polar surface area (TPSA) is 29.5 Å². The van der Waals surface area contributed by atoms with Gasteiger partial charge in [0.15, 0.2) is 0 Å². The van der Waals surface area contributed by atoms with Crippen molar-refractivity contribution in [3.63, 3.8) is 0 Å². The number of unbranched alkanes of at least 4 members (excludes halogenated alkanes) is 1. The van der Waals surface area contributed by atoms with Crippen molar-refractivity contribution in [2.24, 2.45) is 5.92 Å². The molecule has 2 heteroatoms. The third kappa shape index (κ3) is 2.46. The Bertz CT molecular complexity index is 132. The third-order valence-electron chi connectivity index (χ3n) is 2.69. The standard InChI is InChI=1S/C10H20O2/c1-3-4-7-10(11,8-12-2)9-5-6-9/h9,11H,3-8H2,1-2H3. The highest BCUT2D eigenvalue weighted by atomic mass is 16.5. The van der Waals surface area contributed by atoms with E-state index in [1.807, 2.05) is 0 Å². The Balaban J connectivity index is 2.34. The molecule has 0 radical (unpaired) electrons. The summed E-state index contributed by atoms with van der Waals surface area (Å²) in [6.07, 6.45) is 5.53. The minimum atomic E-state index is -0.509. The predicted octanol–water partition coefficient (Wildman–Crippen LogP) is 1.96. The average Bonchev–Trinajstić information content (AvgIpc) is 2.84. The van der Waals surface area contributed by atoms with Gasteiger partial charge in [0.2, 0.25) is 0 Å². The number of hydrogen-bond acceptors (Lipinski definition) is 2. The SMILES string of the molecule is CCCCC(O)(COC)C1CC1. The van der Waals surface area contributed by atoms with Crippen LogP contribution >= 0.6 is 0 Å². The van der Waals surface area contributed by atoms with Crippen LogP contribution in [0.4, 0.5) is 0 Å². The van der Waals surface area contributed by atoms with Crippen LogP contribution in [0.5, 0.6) is 0 Å². The highest BCUT2D eigenvalue weighted by molar-refractivity contribution is 4.94. The second-order valence-corrected chi connectivity index (χ2v) is 3.91. The van der Waals surface area contributed by atoms with Gasteiger partial charge in [-0.15, -0.1) is 0 Å². The first-order chi connectivity index (χ1) is 5.73. The summed E-state index contributed by atoms with van der Waals surface area (Å²) in [4.78, 5) is 0. The van der Waals surface area contributed by atoms with Crippen LogP contribution in [0.3, 0.4) is 0 Å². The summed E-state index contributed by atoms with van der Waals surface area (Å²) in [5.74, 6) is 0.518. The zero-order valence-electron chi connectivity index (χ0n) is 8.18. The summed E-state index contributed by atoms with van der Waals surface area (Å²) < 4.78 is 5.06. The second-order valence-electron chi connectivity index (χ2n) is 3.91. The van der Waals surface area contributed by atoms with Crippen molar-refractivity contribution < 1.29 is 9.84 Å². The van der Waals surface area contributed by atoms with Gasteiger partial charge < -0.3 is 9.84 Å². The highest BCUT2D eigenvalue weighted by Gasteiger charge is 2.42. The van der Waals surface area contributed by atoms with Gasteiger partial charge in [-0.1, -0.05) is 19.8 Å². The summed E-state index contributed by atoms with van der Waals surface area (Å²) in [5.41, 5.74) is -0.509. The molecule has 1 unspecified atom stereocenters. The Hall–Kier alpha value is -0.0800.